The number of hydrogen-bond acceptors (Lipinski definition) is 3. The summed E-state index contributed by atoms with van der Waals surface area (Å²) >= 11 is 0. The van der Waals surface area contributed by atoms with Crippen LogP contribution in [0.4, 0.5) is 0 Å². The molecule has 0 saturated carbocycles. The lowest BCUT2D eigenvalue weighted by molar-refractivity contribution is 0.0737. The van der Waals surface area contributed by atoms with Crippen molar-refractivity contribution < 1.29 is 9.84 Å². The fourth-order valence-electron chi connectivity index (χ4n) is 2.59. The van der Waals surface area contributed by atoms with E-state index in [1.54, 1.807) is 0 Å². The van der Waals surface area contributed by atoms with E-state index in [2.05, 4.69) is 17.0 Å². The van der Waals surface area contributed by atoms with Crippen LogP contribution in [-0.4, -0.2) is 35.3 Å². The Morgan fingerprint density at radius 2 is 1.60 bits per heavy atom. The summed E-state index contributed by atoms with van der Waals surface area (Å²) < 4.78 is 5.86. The predicted molar refractivity (Wildman–Crippen MR) is 78.6 cm³/mol. The zero-order valence-electron chi connectivity index (χ0n) is 11.4. The monoisotopic (exact) mass is 269 g/mol. The van der Waals surface area contributed by atoms with Crippen LogP contribution in [0.5, 0.6) is 5.75 Å². The van der Waals surface area contributed by atoms with Gasteiger partial charge in [0.1, 0.15) is 18.0 Å². The van der Waals surface area contributed by atoms with Crippen LogP contribution in [-0.2, 0) is 6.54 Å². The van der Waals surface area contributed by atoms with Crippen molar-refractivity contribution in [2.45, 2.75) is 18.8 Å². The van der Waals surface area contributed by atoms with Gasteiger partial charge in [-0.05, 0) is 17.7 Å². The molecule has 1 aliphatic rings. The Morgan fingerprint density at radius 3 is 2.30 bits per heavy atom. The molecule has 0 aromatic heterocycles. The molecule has 2 aromatic carbocycles. The Morgan fingerprint density at radius 1 is 0.950 bits per heavy atom. The molecule has 3 rings (SSSR count). The van der Waals surface area contributed by atoms with Crippen LogP contribution in [0, 0.1) is 0 Å². The summed E-state index contributed by atoms with van der Waals surface area (Å²) in [5.41, 5.74) is 1.26. The number of hydrogen-bond donors (Lipinski definition) is 1. The zero-order valence-corrected chi connectivity index (χ0v) is 11.4. The molecule has 0 radical (unpaired) electrons. The molecule has 3 heteroatoms. The molecule has 2 atom stereocenters. The smallest absolute Gasteiger partial charge is 0.138 e. The van der Waals surface area contributed by atoms with Gasteiger partial charge in [0.05, 0.1) is 0 Å². The second-order valence-corrected chi connectivity index (χ2v) is 5.22. The normalized spacial score (nSPS) is 22.9. The minimum Gasteiger partial charge on any atom is -0.486 e. The van der Waals surface area contributed by atoms with Gasteiger partial charge in [-0.3, -0.25) is 4.90 Å². The summed E-state index contributed by atoms with van der Waals surface area (Å²) in [6, 6.07) is 20.0. The molecular formula is C17H19NO2. The third kappa shape index (κ3) is 3.18. The third-order valence-electron chi connectivity index (χ3n) is 3.59. The van der Waals surface area contributed by atoms with E-state index in [0.717, 1.165) is 18.8 Å². The molecule has 20 heavy (non-hydrogen) atoms. The maximum Gasteiger partial charge on any atom is 0.138 e. The van der Waals surface area contributed by atoms with Gasteiger partial charge in [0, 0.05) is 19.6 Å². The van der Waals surface area contributed by atoms with Gasteiger partial charge in [0.15, 0.2) is 0 Å². The van der Waals surface area contributed by atoms with Gasteiger partial charge >= 0.3 is 0 Å². The van der Waals surface area contributed by atoms with Gasteiger partial charge < -0.3 is 9.84 Å². The second-order valence-electron chi connectivity index (χ2n) is 5.22. The summed E-state index contributed by atoms with van der Waals surface area (Å²) in [6.07, 6.45) is -0.583. The fourth-order valence-corrected chi connectivity index (χ4v) is 2.59. The van der Waals surface area contributed by atoms with Gasteiger partial charge in [-0.2, -0.15) is 0 Å². The molecular weight excluding hydrogens is 250 g/mol. The van der Waals surface area contributed by atoms with Gasteiger partial charge in [-0.25, -0.2) is 0 Å². The van der Waals surface area contributed by atoms with Gasteiger partial charge in [-0.1, -0.05) is 48.5 Å². The van der Waals surface area contributed by atoms with E-state index in [1.165, 1.54) is 5.56 Å². The minimum atomic E-state index is -0.432. The summed E-state index contributed by atoms with van der Waals surface area (Å²) in [6.45, 7) is 2.27. The lowest BCUT2D eigenvalue weighted by Crippen LogP contribution is -2.29. The quantitative estimate of drug-likeness (QED) is 0.924. The van der Waals surface area contributed by atoms with Gasteiger partial charge in [-0.15, -0.1) is 0 Å². The van der Waals surface area contributed by atoms with Crippen LogP contribution in [0.15, 0.2) is 60.7 Å². The van der Waals surface area contributed by atoms with Crippen molar-refractivity contribution in [2.75, 3.05) is 13.1 Å². The van der Waals surface area contributed by atoms with Crippen LogP contribution < -0.4 is 4.74 Å². The molecule has 1 heterocycles. The Labute approximate surface area is 119 Å². The average Bonchev–Trinajstić information content (AvgIpc) is 2.81. The van der Waals surface area contributed by atoms with Crippen molar-refractivity contribution in [1.82, 2.24) is 4.90 Å². The number of nitrogens with zero attached hydrogens (tertiary/aromatic N) is 1. The van der Waals surface area contributed by atoms with Crippen LogP contribution in [0.25, 0.3) is 0 Å². The standard InChI is InChI=1S/C17H19NO2/c19-16-12-18(11-14-7-3-1-4-8-14)13-17(16)20-15-9-5-2-6-10-15/h1-10,16-17,19H,11-13H2/t16-,17+/m0/s1. The number of aliphatic hydroxyl groups is 1. The van der Waals surface area contributed by atoms with Crippen molar-refractivity contribution in [1.29, 1.82) is 0 Å². The van der Waals surface area contributed by atoms with Gasteiger partial charge in [0.2, 0.25) is 0 Å². The molecule has 0 spiro atoms. The van der Waals surface area contributed by atoms with Crippen molar-refractivity contribution in [2.24, 2.45) is 0 Å². The topological polar surface area (TPSA) is 32.7 Å². The van der Waals surface area contributed by atoms with E-state index in [1.807, 2.05) is 48.5 Å². The highest BCUT2D eigenvalue weighted by molar-refractivity contribution is 5.22. The maximum atomic E-state index is 10.1. The molecule has 1 aliphatic heterocycles. The summed E-state index contributed by atoms with van der Waals surface area (Å²) in [4.78, 5) is 2.23. The van der Waals surface area contributed by atoms with Crippen LogP contribution in [0.2, 0.25) is 0 Å². The maximum absolute atomic E-state index is 10.1. The molecule has 0 unspecified atom stereocenters. The first-order chi connectivity index (χ1) is 9.81. The van der Waals surface area contributed by atoms with Crippen LogP contribution >= 0.6 is 0 Å². The van der Waals surface area contributed by atoms with Gasteiger partial charge in [0.25, 0.3) is 0 Å². The lowest BCUT2D eigenvalue weighted by atomic mass is 10.2. The van der Waals surface area contributed by atoms with Crippen molar-refractivity contribution in [3.8, 4) is 5.75 Å². The van der Waals surface area contributed by atoms with Crippen molar-refractivity contribution in [3.05, 3.63) is 66.2 Å². The molecule has 2 aromatic rings. The van der Waals surface area contributed by atoms with Crippen LogP contribution in [0.3, 0.4) is 0 Å². The van der Waals surface area contributed by atoms with E-state index in [-0.39, 0.29) is 6.10 Å². The molecule has 1 fully saturated rings. The minimum absolute atomic E-state index is 0.152. The third-order valence-corrected chi connectivity index (χ3v) is 3.59. The first-order valence-corrected chi connectivity index (χ1v) is 6.97. The highest BCUT2D eigenvalue weighted by atomic mass is 16.5. The number of rotatable bonds is 4. The van der Waals surface area contributed by atoms with Crippen LogP contribution in [0.1, 0.15) is 5.56 Å². The second kappa shape index (κ2) is 6.07. The summed E-state index contributed by atoms with van der Waals surface area (Å²) in [5.74, 6) is 0.818. The summed E-state index contributed by atoms with van der Waals surface area (Å²) in [5, 5.41) is 10.1. The molecule has 0 aliphatic carbocycles. The average molecular weight is 269 g/mol. The molecule has 104 valence electrons. The van der Waals surface area contributed by atoms with E-state index < -0.39 is 6.10 Å². The molecule has 1 N–H and O–H groups in total. The number of β-amino-alcohol motifs (C(OH)–C–C–N with tert-alkyl or cyclic N) is 1. The number of para-hydroxylation sites is 1. The van der Waals surface area contributed by atoms with E-state index in [4.69, 9.17) is 4.74 Å². The van der Waals surface area contributed by atoms with E-state index in [0.29, 0.717) is 6.54 Å². The number of benzene rings is 2. The number of likely N-dealkylation sites (tertiary alicyclic amines) is 1. The number of aliphatic hydroxyl groups excluding tert-OH is 1. The lowest BCUT2D eigenvalue weighted by Gasteiger charge is -2.17. The Bertz CT molecular complexity index is 529. The zero-order chi connectivity index (χ0) is 13.8. The van der Waals surface area contributed by atoms with E-state index >= 15 is 0 Å². The Balaban J connectivity index is 1.59. The summed E-state index contributed by atoms with van der Waals surface area (Å²) in [7, 11) is 0. The highest BCUT2D eigenvalue weighted by Gasteiger charge is 2.32. The number of ether oxygens (including phenoxy) is 1. The predicted octanol–water partition coefficient (Wildman–Crippen LogP) is 2.31. The van der Waals surface area contributed by atoms with E-state index in [9.17, 15) is 5.11 Å². The molecule has 3 nitrogen and oxygen atoms in total. The SMILES string of the molecule is O[C@H]1CN(Cc2ccccc2)C[C@H]1Oc1ccccc1. The first kappa shape index (κ1) is 13.2. The molecule has 0 bridgehead atoms. The molecule has 1 saturated heterocycles. The van der Waals surface area contributed by atoms with Crippen molar-refractivity contribution in [3.63, 3.8) is 0 Å². The fraction of sp³-hybridized carbons (Fsp3) is 0.294. The Kier molecular flexibility index (Phi) is 4.00. The van der Waals surface area contributed by atoms with Crippen molar-refractivity contribution >= 4 is 0 Å². The Hall–Kier alpha value is -1.84. The first-order valence-electron chi connectivity index (χ1n) is 6.97. The highest BCUT2D eigenvalue weighted by Crippen LogP contribution is 2.20. The largest absolute Gasteiger partial charge is 0.486 e. The molecule has 0 amide bonds.